The number of hydrogen-bond acceptors (Lipinski definition) is 4. The van der Waals surface area contributed by atoms with Crippen LogP contribution in [0.5, 0.6) is 0 Å². The first kappa shape index (κ1) is 23.2. The molecule has 33 heavy (non-hydrogen) atoms. The minimum Gasteiger partial charge on any atom is -0.371 e. The number of para-hydroxylation sites is 1. The number of amides is 2. The molecule has 0 saturated carbocycles. The summed E-state index contributed by atoms with van der Waals surface area (Å²) in [6, 6.07) is 13.7. The van der Waals surface area contributed by atoms with E-state index < -0.39 is 5.82 Å². The molecular weight excluding hydrogens is 419 g/mol. The first-order chi connectivity index (χ1) is 16.1. The predicted molar refractivity (Wildman–Crippen MR) is 128 cm³/mol. The molecule has 2 aromatic carbocycles. The Hall–Kier alpha value is -2.93. The van der Waals surface area contributed by atoms with Gasteiger partial charge in [0.05, 0.1) is 11.1 Å². The number of carbonyl (C=O) groups excluding carboxylic acids is 2. The molecule has 2 saturated heterocycles. The van der Waals surface area contributed by atoms with E-state index in [9.17, 15) is 14.0 Å². The van der Waals surface area contributed by atoms with Gasteiger partial charge in [-0.2, -0.15) is 0 Å². The number of rotatable bonds is 7. The van der Waals surface area contributed by atoms with Crippen LogP contribution in [0.1, 0.15) is 52.8 Å². The zero-order chi connectivity index (χ0) is 23.0. The number of halogens is 1. The third-order valence-corrected chi connectivity index (χ3v) is 6.60. The van der Waals surface area contributed by atoms with Crippen molar-refractivity contribution in [2.45, 2.75) is 38.1 Å². The second-order valence-corrected chi connectivity index (χ2v) is 8.89. The van der Waals surface area contributed by atoms with Gasteiger partial charge in [0, 0.05) is 37.9 Å². The maximum atomic E-state index is 13.9. The Balaban J connectivity index is 1.30. The number of nitrogens with one attached hydrogen (secondary N) is 2. The van der Waals surface area contributed by atoms with Gasteiger partial charge in [0.15, 0.2) is 0 Å². The largest absolute Gasteiger partial charge is 0.371 e. The molecule has 4 rings (SSSR count). The fraction of sp³-hybridized carbons (Fsp3) is 0.462. The molecule has 2 aliphatic heterocycles. The summed E-state index contributed by atoms with van der Waals surface area (Å²) in [5.41, 5.74) is 1.68. The summed E-state index contributed by atoms with van der Waals surface area (Å²) in [6.07, 6.45) is 5.27. The molecule has 0 spiro atoms. The van der Waals surface area contributed by atoms with Crippen LogP contribution in [0.4, 0.5) is 10.1 Å². The van der Waals surface area contributed by atoms with E-state index in [1.807, 2.05) is 24.3 Å². The van der Waals surface area contributed by atoms with Crippen molar-refractivity contribution in [1.29, 1.82) is 0 Å². The Kier molecular flexibility index (Phi) is 7.94. The molecule has 0 unspecified atom stereocenters. The average molecular weight is 453 g/mol. The molecule has 0 bridgehead atoms. The van der Waals surface area contributed by atoms with E-state index in [1.165, 1.54) is 31.4 Å². The Morgan fingerprint density at radius 2 is 1.52 bits per heavy atom. The average Bonchev–Trinajstić information content (AvgIpc) is 2.85. The standard InChI is InChI=1S/C26H33FN4O2/c27-23-10-4-2-8-21(23)26(33)29-20-12-17-31(18-13-20)24-11-5-3-9-22(24)25(32)28-14-19-30-15-6-1-7-16-30/h2-5,8-11,20H,1,6-7,12-19H2,(H,28,32)(H,29,33). The lowest BCUT2D eigenvalue weighted by atomic mass is 10.0. The first-order valence-electron chi connectivity index (χ1n) is 12.0. The van der Waals surface area contributed by atoms with Gasteiger partial charge in [0.25, 0.3) is 11.8 Å². The second kappa shape index (κ2) is 11.3. The fourth-order valence-electron chi connectivity index (χ4n) is 4.72. The van der Waals surface area contributed by atoms with Crippen LogP contribution >= 0.6 is 0 Å². The molecule has 7 heteroatoms. The third-order valence-electron chi connectivity index (χ3n) is 6.60. The highest BCUT2D eigenvalue weighted by molar-refractivity contribution is 5.99. The molecular formula is C26H33FN4O2. The highest BCUT2D eigenvalue weighted by Crippen LogP contribution is 2.24. The van der Waals surface area contributed by atoms with Gasteiger partial charge in [-0.3, -0.25) is 9.59 Å². The number of benzene rings is 2. The summed E-state index contributed by atoms with van der Waals surface area (Å²) in [5.74, 6) is -0.926. The van der Waals surface area contributed by atoms with Crippen LogP contribution in [0.2, 0.25) is 0 Å². The molecule has 2 aliphatic rings. The fourth-order valence-corrected chi connectivity index (χ4v) is 4.72. The SMILES string of the molecule is O=C(NC1CCN(c2ccccc2C(=O)NCCN2CCCCC2)CC1)c1ccccc1F. The monoisotopic (exact) mass is 452 g/mol. The van der Waals surface area contributed by atoms with E-state index in [-0.39, 0.29) is 23.4 Å². The molecule has 0 aromatic heterocycles. The van der Waals surface area contributed by atoms with Crippen LogP contribution in [-0.2, 0) is 0 Å². The summed E-state index contributed by atoms with van der Waals surface area (Å²) in [7, 11) is 0. The van der Waals surface area contributed by atoms with Gasteiger partial charge >= 0.3 is 0 Å². The minimum atomic E-state index is -0.507. The number of nitrogens with zero attached hydrogens (tertiary/aromatic N) is 2. The molecule has 2 N–H and O–H groups in total. The molecule has 6 nitrogen and oxygen atoms in total. The van der Waals surface area contributed by atoms with Crippen molar-refractivity contribution in [2.75, 3.05) is 44.2 Å². The van der Waals surface area contributed by atoms with Crippen molar-refractivity contribution in [3.8, 4) is 0 Å². The van der Waals surface area contributed by atoms with Crippen molar-refractivity contribution in [3.63, 3.8) is 0 Å². The molecule has 0 aliphatic carbocycles. The normalized spacial score (nSPS) is 17.5. The highest BCUT2D eigenvalue weighted by atomic mass is 19.1. The van der Waals surface area contributed by atoms with Gasteiger partial charge in [-0.15, -0.1) is 0 Å². The van der Waals surface area contributed by atoms with Crippen LogP contribution in [0.25, 0.3) is 0 Å². The molecule has 2 fully saturated rings. The number of carbonyl (C=O) groups is 2. The number of likely N-dealkylation sites (tertiary alicyclic amines) is 1. The summed E-state index contributed by atoms with van der Waals surface area (Å²) in [6.45, 7) is 5.22. The maximum absolute atomic E-state index is 13.9. The lowest BCUT2D eigenvalue weighted by Crippen LogP contribution is -2.45. The van der Waals surface area contributed by atoms with E-state index >= 15 is 0 Å². The highest BCUT2D eigenvalue weighted by Gasteiger charge is 2.24. The smallest absolute Gasteiger partial charge is 0.254 e. The maximum Gasteiger partial charge on any atom is 0.254 e. The minimum absolute atomic E-state index is 0.0149. The zero-order valence-electron chi connectivity index (χ0n) is 19.1. The Morgan fingerprint density at radius 1 is 0.848 bits per heavy atom. The van der Waals surface area contributed by atoms with Crippen LogP contribution in [0.3, 0.4) is 0 Å². The number of anilines is 1. The zero-order valence-corrected chi connectivity index (χ0v) is 19.1. The van der Waals surface area contributed by atoms with Gasteiger partial charge in [-0.05, 0) is 63.0 Å². The van der Waals surface area contributed by atoms with Crippen molar-refractivity contribution >= 4 is 17.5 Å². The molecule has 2 aromatic rings. The summed E-state index contributed by atoms with van der Waals surface area (Å²) < 4.78 is 13.9. The van der Waals surface area contributed by atoms with E-state index in [4.69, 9.17) is 0 Å². The van der Waals surface area contributed by atoms with Crippen LogP contribution in [0.15, 0.2) is 48.5 Å². The number of hydrogen-bond donors (Lipinski definition) is 2. The van der Waals surface area contributed by atoms with Crippen molar-refractivity contribution < 1.29 is 14.0 Å². The quantitative estimate of drug-likeness (QED) is 0.676. The van der Waals surface area contributed by atoms with Gasteiger partial charge in [-0.1, -0.05) is 30.7 Å². The van der Waals surface area contributed by atoms with Crippen molar-refractivity contribution in [1.82, 2.24) is 15.5 Å². The van der Waals surface area contributed by atoms with Crippen LogP contribution in [0, 0.1) is 5.82 Å². The van der Waals surface area contributed by atoms with E-state index in [1.54, 1.807) is 12.1 Å². The second-order valence-electron chi connectivity index (χ2n) is 8.89. The first-order valence-corrected chi connectivity index (χ1v) is 12.0. The van der Waals surface area contributed by atoms with Crippen molar-refractivity contribution in [3.05, 3.63) is 65.5 Å². The lowest BCUT2D eigenvalue weighted by Gasteiger charge is -2.35. The van der Waals surface area contributed by atoms with Gasteiger partial charge in [0.2, 0.25) is 0 Å². The molecule has 0 radical (unpaired) electrons. The van der Waals surface area contributed by atoms with Gasteiger partial charge < -0.3 is 20.4 Å². The topological polar surface area (TPSA) is 64.7 Å². The number of piperidine rings is 2. The lowest BCUT2D eigenvalue weighted by molar-refractivity contribution is 0.0925. The van der Waals surface area contributed by atoms with Crippen LogP contribution < -0.4 is 15.5 Å². The van der Waals surface area contributed by atoms with Crippen molar-refractivity contribution in [2.24, 2.45) is 0 Å². The Bertz CT molecular complexity index is 953. The summed E-state index contributed by atoms with van der Waals surface area (Å²) in [4.78, 5) is 29.9. The van der Waals surface area contributed by atoms with Gasteiger partial charge in [0.1, 0.15) is 5.82 Å². The van der Waals surface area contributed by atoms with Crippen LogP contribution in [-0.4, -0.2) is 62.0 Å². The molecule has 0 atom stereocenters. The van der Waals surface area contributed by atoms with Gasteiger partial charge in [-0.25, -0.2) is 4.39 Å². The predicted octanol–water partition coefficient (Wildman–Crippen LogP) is 3.44. The molecule has 2 amide bonds. The Labute approximate surface area is 195 Å². The van der Waals surface area contributed by atoms with E-state index in [0.717, 1.165) is 51.3 Å². The summed E-state index contributed by atoms with van der Waals surface area (Å²) in [5, 5.41) is 6.04. The molecule has 2 heterocycles. The Morgan fingerprint density at radius 3 is 2.24 bits per heavy atom. The van der Waals surface area contributed by atoms with E-state index in [2.05, 4.69) is 20.4 Å². The molecule has 176 valence electrons. The van der Waals surface area contributed by atoms with E-state index in [0.29, 0.717) is 12.1 Å². The third kappa shape index (κ3) is 6.11. The summed E-state index contributed by atoms with van der Waals surface area (Å²) >= 11 is 0.